The van der Waals surface area contributed by atoms with Gasteiger partial charge in [-0.15, -0.1) is 0 Å². The van der Waals surface area contributed by atoms with Crippen molar-refractivity contribution < 1.29 is 9.90 Å². The highest BCUT2D eigenvalue weighted by Gasteiger charge is 2.45. The fourth-order valence-corrected chi connectivity index (χ4v) is 2.20. The molecule has 0 aromatic carbocycles. The third kappa shape index (κ3) is 2.51. The topological polar surface area (TPSA) is 40.5 Å². The monoisotopic (exact) mass is 213 g/mol. The first kappa shape index (κ1) is 12.5. The van der Waals surface area contributed by atoms with Gasteiger partial charge in [0, 0.05) is 31.0 Å². The second-order valence-corrected chi connectivity index (χ2v) is 5.47. The number of amides is 1. The average Bonchev–Trinajstić information content (AvgIpc) is 2.33. The van der Waals surface area contributed by atoms with Gasteiger partial charge < -0.3 is 10.0 Å². The van der Waals surface area contributed by atoms with Crippen LogP contribution in [0.15, 0.2) is 0 Å². The van der Waals surface area contributed by atoms with Gasteiger partial charge in [0.15, 0.2) is 0 Å². The quantitative estimate of drug-likeness (QED) is 0.771. The number of carbonyl (C=O) groups is 1. The number of hydrogen-bond donors (Lipinski definition) is 1. The Morgan fingerprint density at radius 2 is 2.13 bits per heavy atom. The highest BCUT2D eigenvalue weighted by atomic mass is 16.3. The lowest BCUT2D eigenvalue weighted by atomic mass is 9.89. The molecule has 0 bridgehead atoms. The van der Waals surface area contributed by atoms with Crippen molar-refractivity contribution in [2.75, 3.05) is 13.2 Å². The third-order valence-electron chi connectivity index (χ3n) is 3.57. The summed E-state index contributed by atoms with van der Waals surface area (Å²) in [7, 11) is 0. The molecular formula is C12H23NO2. The Morgan fingerprint density at radius 3 is 2.53 bits per heavy atom. The van der Waals surface area contributed by atoms with Crippen LogP contribution in [0.4, 0.5) is 0 Å². The van der Waals surface area contributed by atoms with Crippen LogP contribution in [0.3, 0.4) is 0 Å². The minimum atomic E-state index is -0.180. The van der Waals surface area contributed by atoms with Gasteiger partial charge in [-0.2, -0.15) is 0 Å². The Labute approximate surface area is 92.5 Å². The zero-order valence-corrected chi connectivity index (χ0v) is 10.3. The van der Waals surface area contributed by atoms with Gasteiger partial charge >= 0.3 is 0 Å². The fraction of sp³-hybridized carbons (Fsp3) is 0.917. The molecule has 15 heavy (non-hydrogen) atoms. The second-order valence-electron chi connectivity index (χ2n) is 5.47. The van der Waals surface area contributed by atoms with E-state index in [1.165, 1.54) is 0 Å². The smallest absolute Gasteiger partial charge is 0.223 e. The summed E-state index contributed by atoms with van der Waals surface area (Å²) >= 11 is 0. The first-order valence-corrected chi connectivity index (χ1v) is 5.81. The van der Waals surface area contributed by atoms with Crippen LogP contribution in [0.5, 0.6) is 0 Å². The van der Waals surface area contributed by atoms with Gasteiger partial charge in [-0.25, -0.2) is 0 Å². The van der Waals surface area contributed by atoms with Crippen LogP contribution in [0.1, 0.15) is 40.5 Å². The van der Waals surface area contributed by atoms with Crippen molar-refractivity contribution in [2.45, 2.75) is 46.1 Å². The second kappa shape index (κ2) is 4.52. The molecule has 1 saturated heterocycles. The molecule has 1 heterocycles. The Kier molecular flexibility index (Phi) is 3.77. The summed E-state index contributed by atoms with van der Waals surface area (Å²) in [6.45, 7) is 9.36. The maximum atomic E-state index is 11.8. The first-order chi connectivity index (χ1) is 6.89. The minimum Gasteiger partial charge on any atom is -0.396 e. The number of carbonyl (C=O) groups excluding carboxylic acids is 1. The molecule has 1 fully saturated rings. The molecule has 1 rings (SSSR count). The summed E-state index contributed by atoms with van der Waals surface area (Å²) in [5.41, 5.74) is -0.180. The highest BCUT2D eigenvalue weighted by Crippen LogP contribution is 2.35. The van der Waals surface area contributed by atoms with Crippen molar-refractivity contribution in [2.24, 2.45) is 11.8 Å². The molecule has 0 spiro atoms. The molecule has 88 valence electrons. The number of hydrogen-bond acceptors (Lipinski definition) is 2. The molecule has 0 aliphatic carbocycles. The summed E-state index contributed by atoms with van der Waals surface area (Å²) in [6, 6.07) is 0. The number of rotatable bonds is 4. The average molecular weight is 213 g/mol. The van der Waals surface area contributed by atoms with E-state index in [1.54, 1.807) is 0 Å². The van der Waals surface area contributed by atoms with Crippen LogP contribution < -0.4 is 0 Å². The van der Waals surface area contributed by atoms with E-state index in [9.17, 15) is 9.90 Å². The Balaban J connectivity index is 2.66. The van der Waals surface area contributed by atoms with Crippen LogP contribution in [-0.2, 0) is 4.79 Å². The van der Waals surface area contributed by atoms with Crippen LogP contribution in [0.2, 0.25) is 0 Å². The number of aliphatic hydroxyl groups excluding tert-OH is 1. The zero-order valence-electron chi connectivity index (χ0n) is 10.3. The summed E-state index contributed by atoms with van der Waals surface area (Å²) in [5.74, 6) is 0.902. The highest BCUT2D eigenvalue weighted by molar-refractivity contribution is 5.80. The van der Waals surface area contributed by atoms with E-state index in [-0.39, 0.29) is 24.0 Å². The number of aliphatic hydroxyl groups is 1. The number of nitrogens with zero attached hydrogens (tertiary/aromatic N) is 1. The normalized spacial score (nSPS) is 25.3. The number of likely N-dealkylation sites (tertiary alicyclic amines) is 1. The van der Waals surface area contributed by atoms with E-state index < -0.39 is 0 Å². The molecule has 3 nitrogen and oxygen atoms in total. The van der Waals surface area contributed by atoms with Crippen molar-refractivity contribution in [1.82, 2.24) is 4.90 Å². The Bertz CT molecular complexity index is 236. The van der Waals surface area contributed by atoms with Crippen LogP contribution in [0.25, 0.3) is 0 Å². The molecular weight excluding hydrogens is 190 g/mol. The molecule has 1 N–H and O–H groups in total. The van der Waals surface area contributed by atoms with Gasteiger partial charge in [-0.05, 0) is 26.2 Å². The molecule has 3 heteroatoms. The van der Waals surface area contributed by atoms with E-state index >= 15 is 0 Å². The summed E-state index contributed by atoms with van der Waals surface area (Å²) < 4.78 is 0. The predicted molar refractivity (Wildman–Crippen MR) is 60.4 cm³/mol. The maximum absolute atomic E-state index is 11.8. The molecule has 1 amide bonds. The van der Waals surface area contributed by atoms with E-state index in [0.29, 0.717) is 12.3 Å². The van der Waals surface area contributed by atoms with E-state index in [4.69, 9.17) is 0 Å². The SMILES string of the molecule is CC(C)CCN1C(=O)CC(CO)C1(C)C. The molecule has 0 radical (unpaired) electrons. The van der Waals surface area contributed by atoms with Crippen LogP contribution >= 0.6 is 0 Å². The summed E-state index contributed by atoms with van der Waals surface area (Å²) in [6.07, 6.45) is 1.54. The van der Waals surface area contributed by atoms with E-state index in [0.717, 1.165) is 13.0 Å². The van der Waals surface area contributed by atoms with Gasteiger partial charge in [0.25, 0.3) is 0 Å². The molecule has 0 saturated carbocycles. The minimum absolute atomic E-state index is 0.0946. The van der Waals surface area contributed by atoms with Crippen LogP contribution in [-0.4, -0.2) is 34.6 Å². The molecule has 1 unspecified atom stereocenters. The summed E-state index contributed by atoms with van der Waals surface area (Å²) in [4.78, 5) is 13.7. The van der Waals surface area contributed by atoms with Crippen molar-refractivity contribution in [3.63, 3.8) is 0 Å². The largest absolute Gasteiger partial charge is 0.396 e. The predicted octanol–water partition coefficient (Wildman–Crippen LogP) is 1.65. The third-order valence-corrected chi connectivity index (χ3v) is 3.57. The van der Waals surface area contributed by atoms with Gasteiger partial charge in [0.1, 0.15) is 0 Å². The molecule has 1 aliphatic rings. The maximum Gasteiger partial charge on any atom is 0.223 e. The fourth-order valence-electron chi connectivity index (χ4n) is 2.20. The first-order valence-electron chi connectivity index (χ1n) is 5.81. The van der Waals surface area contributed by atoms with Gasteiger partial charge in [0.2, 0.25) is 5.91 Å². The lowest BCUT2D eigenvalue weighted by Crippen LogP contribution is -2.45. The van der Waals surface area contributed by atoms with Gasteiger partial charge in [-0.3, -0.25) is 4.79 Å². The van der Waals surface area contributed by atoms with Crippen molar-refractivity contribution >= 4 is 5.91 Å². The van der Waals surface area contributed by atoms with E-state index in [2.05, 4.69) is 27.7 Å². The standard InChI is InChI=1S/C12H23NO2/c1-9(2)5-6-13-11(15)7-10(8-14)12(13,3)4/h9-10,14H,5-8H2,1-4H3. The van der Waals surface area contributed by atoms with Gasteiger partial charge in [-0.1, -0.05) is 13.8 Å². The lowest BCUT2D eigenvalue weighted by molar-refractivity contribution is -0.130. The Hall–Kier alpha value is -0.570. The Morgan fingerprint density at radius 1 is 1.53 bits per heavy atom. The van der Waals surface area contributed by atoms with Crippen molar-refractivity contribution in [1.29, 1.82) is 0 Å². The zero-order chi connectivity index (χ0) is 11.6. The van der Waals surface area contributed by atoms with Crippen molar-refractivity contribution in [3.8, 4) is 0 Å². The molecule has 0 aromatic heterocycles. The lowest BCUT2D eigenvalue weighted by Gasteiger charge is -2.35. The molecule has 1 atom stereocenters. The van der Waals surface area contributed by atoms with E-state index in [1.807, 2.05) is 4.90 Å². The van der Waals surface area contributed by atoms with Gasteiger partial charge in [0.05, 0.1) is 0 Å². The molecule has 0 aromatic rings. The molecule has 1 aliphatic heterocycles. The van der Waals surface area contributed by atoms with Crippen LogP contribution in [0, 0.1) is 11.8 Å². The summed E-state index contributed by atoms with van der Waals surface area (Å²) in [5, 5.41) is 9.24. The van der Waals surface area contributed by atoms with Crippen molar-refractivity contribution in [3.05, 3.63) is 0 Å².